The summed E-state index contributed by atoms with van der Waals surface area (Å²) in [5.41, 5.74) is 3.59. The van der Waals surface area contributed by atoms with Crippen LogP contribution in [0.2, 0.25) is 5.02 Å². The van der Waals surface area contributed by atoms with Crippen LogP contribution in [0.1, 0.15) is 16.7 Å². The van der Waals surface area contributed by atoms with Crippen molar-refractivity contribution in [2.24, 2.45) is 4.99 Å². The number of nitrogens with zero attached hydrogens (tertiary/aromatic N) is 3. The van der Waals surface area contributed by atoms with Crippen LogP contribution >= 0.6 is 11.6 Å². The summed E-state index contributed by atoms with van der Waals surface area (Å²) in [5.74, 6) is -0.0972. The first-order valence-electron chi connectivity index (χ1n) is 9.46. The van der Waals surface area contributed by atoms with Gasteiger partial charge in [-0.05, 0) is 48.0 Å². The van der Waals surface area contributed by atoms with Crippen LogP contribution in [0.25, 0.3) is 0 Å². The molecule has 3 aromatic carbocycles. The van der Waals surface area contributed by atoms with E-state index < -0.39 is 6.04 Å². The molecule has 6 heteroatoms. The quantitative estimate of drug-likeness (QED) is 0.643. The van der Waals surface area contributed by atoms with Gasteiger partial charge in [0.25, 0.3) is 5.91 Å². The molecule has 0 fully saturated rings. The van der Waals surface area contributed by atoms with Crippen molar-refractivity contribution in [3.8, 4) is 11.8 Å². The lowest BCUT2D eigenvalue weighted by atomic mass is 10.00. The molecule has 0 spiro atoms. The van der Waals surface area contributed by atoms with E-state index in [0.29, 0.717) is 28.4 Å². The molecule has 0 aliphatic carbocycles. The van der Waals surface area contributed by atoms with E-state index in [1.165, 1.54) is 4.90 Å². The van der Waals surface area contributed by atoms with Crippen LogP contribution in [0.5, 0.6) is 5.75 Å². The van der Waals surface area contributed by atoms with Crippen LogP contribution in [0, 0.1) is 11.3 Å². The van der Waals surface area contributed by atoms with Crippen LogP contribution in [-0.2, 0) is 11.2 Å². The predicted octanol–water partition coefficient (Wildman–Crippen LogP) is 4.36. The predicted molar refractivity (Wildman–Crippen MR) is 117 cm³/mol. The fraction of sp³-hybridized carbons (Fsp3) is 0.125. The van der Waals surface area contributed by atoms with E-state index in [-0.39, 0.29) is 18.2 Å². The lowest BCUT2D eigenvalue weighted by Crippen LogP contribution is -2.39. The number of benzodiazepines with no additional fused rings is 1. The van der Waals surface area contributed by atoms with Crippen molar-refractivity contribution in [2.75, 3.05) is 11.4 Å². The van der Waals surface area contributed by atoms with E-state index in [9.17, 15) is 15.2 Å². The molecule has 3 aromatic rings. The third-order valence-corrected chi connectivity index (χ3v) is 5.22. The molecule has 1 aliphatic heterocycles. The number of aromatic hydroxyl groups is 1. The summed E-state index contributed by atoms with van der Waals surface area (Å²) in [6, 6.07) is 22.9. The minimum absolute atomic E-state index is 0.0862. The van der Waals surface area contributed by atoms with E-state index in [2.05, 4.69) is 6.07 Å². The molecule has 1 atom stereocenters. The Labute approximate surface area is 179 Å². The van der Waals surface area contributed by atoms with Crippen molar-refractivity contribution in [3.05, 3.63) is 94.5 Å². The van der Waals surface area contributed by atoms with Gasteiger partial charge >= 0.3 is 0 Å². The molecule has 148 valence electrons. The maximum absolute atomic E-state index is 13.4. The summed E-state index contributed by atoms with van der Waals surface area (Å²) in [4.78, 5) is 19.7. The normalized spacial score (nSPS) is 15.7. The minimum Gasteiger partial charge on any atom is -0.508 e. The molecule has 0 bridgehead atoms. The molecule has 5 nitrogen and oxygen atoms in total. The number of benzene rings is 3. The van der Waals surface area contributed by atoms with Crippen molar-refractivity contribution < 1.29 is 9.90 Å². The van der Waals surface area contributed by atoms with Crippen LogP contribution in [0.4, 0.5) is 5.69 Å². The number of aliphatic imine (C=N–C) groups is 1. The summed E-state index contributed by atoms with van der Waals surface area (Å²) < 4.78 is 0. The zero-order chi connectivity index (χ0) is 21.1. The van der Waals surface area contributed by atoms with Gasteiger partial charge in [-0.15, -0.1) is 0 Å². The van der Waals surface area contributed by atoms with Gasteiger partial charge < -0.3 is 5.11 Å². The monoisotopic (exact) mass is 415 g/mol. The number of hydrogen-bond donors (Lipinski definition) is 1. The third-order valence-electron chi connectivity index (χ3n) is 4.98. The van der Waals surface area contributed by atoms with E-state index in [4.69, 9.17) is 16.6 Å². The first kappa shape index (κ1) is 19.7. The van der Waals surface area contributed by atoms with Gasteiger partial charge in [-0.1, -0.05) is 41.9 Å². The Kier molecular flexibility index (Phi) is 5.51. The van der Waals surface area contributed by atoms with E-state index >= 15 is 0 Å². The Morgan fingerprint density at radius 1 is 1.07 bits per heavy atom. The number of halogens is 1. The second kappa shape index (κ2) is 8.40. The summed E-state index contributed by atoms with van der Waals surface area (Å²) in [6.45, 7) is -0.0862. The number of fused-ring (bicyclic) bond motifs is 1. The average Bonchev–Trinajstić information content (AvgIpc) is 2.86. The Morgan fingerprint density at radius 2 is 1.80 bits per heavy atom. The van der Waals surface area contributed by atoms with Crippen LogP contribution in [0.3, 0.4) is 0 Å². The number of anilines is 1. The number of hydrogen-bond acceptors (Lipinski definition) is 4. The lowest BCUT2D eigenvalue weighted by Gasteiger charge is -2.22. The summed E-state index contributed by atoms with van der Waals surface area (Å²) >= 11 is 6.27. The Hall–Kier alpha value is -3.62. The van der Waals surface area contributed by atoms with Gasteiger partial charge in [0.1, 0.15) is 18.3 Å². The highest BCUT2D eigenvalue weighted by molar-refractivity contribution is 6.32. The molecule has 0 radical (unpaired) electrons. The van der Waals surface area contributed by atoms with Gasteiger partial charge in [-0.25, -0.2) is 0 Å². The van der Waals surface area contributed by atoms with Gasteiger partial charge in [-0.3, -0.25) is 14.7 Å². The van der Waals surface area contributed by atoms with Gasteiger partial charge in [0, 0.05) is 22.6 Å². The molecule has 1 unspecified atom stereocenters. The molecule has 0 saturated carbocycles. The fourth-order valence-corrected chi connectivity index (χ4v) is 3.74. The van der Waals surface area contributed by atoms with E-state index in [1.807, 2.05) is 30.3 Å². The first-order chi connectivity index (χ1) is 14.6. The van der Waals surface area contributed by atoms with E-state index in [1.54, 1.807) is 42.5 Å². The summed E-state index contributed by atoms with van der Waals surface area (Å²) in [7, 11) is 0. The Bertz CT molecular complexity index is 1150. The maximum atomic E-state index is 13.4. The second-order valence-electron chi connectivity index (χ2n) is 6.97. The third kappa shape index (κ3) is 3.91. The molecule has 1 heterocycles. The second-order valence-corrected chi connectivity index (χ2v) is 7.41. The molecular weight excluding hydrogens is 398 g/mol. The Morgan fingerprint density at radius 3 is 2.50 bits per heavy atom. The van der Waals surface area contributed by atoms with Gasteiger partial charge in [0.15, 0.2) is 0 Å². The van der Waals surface area contributed by atoms with Crippen LogP contribution < -0.4 is 4.90 Å². The largest absolute Gasteiger partial charge is 0.508 e. The molecule has 0 saturated heterocycles. The highest BCUT2D eigenvalue weighted by atomic mass is 35.5. The molecule has 1 amide bonds. The van der Waals surface area contributed by atoms with Gasteiger partial charge in [0.05, 0.1) is 17.5 Å². The smallest absolute Gasteiger partial charge is 0.253 e. The fourth-order valence-electron chi connectivity index (χ4n) is 3.57. The van der Waals surface area contributed by atoms with Crippen molar-refractivity contribution >= 4 is 28.9 Å². The molecule has 4 rings (SSSR count). The van der Waals surface area contributed by atoms with Crippen LogP contribution in [-0.4, -0.2) is 29.3 Å². The summed E-state index contributed by atoms with van der Waals surface area (Å²) in [6.07, 6.45) is 0.408. The number of phenols is 1. The molecule has 1 aliphatic rings. The number of rotatable bonds is 4. The standard InChI is InChI=1S/C24H18ClN3O2/c25-18-8-11-22-20(15-18)23(17-6-9-19(29)10-7-17)27-21(24(30)28(22)13-12-26)14-16-4-2-1-3-5-16/h1-11,15,21,29H,13-14H2. The number of carbonyl (C=O) groups is 1. The average molecular weight is 416 g/mol. The van der Waals surface area contributed by atoms with Crippen molar-refractivity contribution in [1.82, 2.24) is 0 Å². The van der Waals surface area contributed by atoms with Crippen molar-refractivity contribution in [1.29, 1.82) is 5.26 Å². The molecule has 1 N–H and O–H groups in total. The Balaban J connectivity index is 1.90. The highest BCUT2D eigenvalue weighted by Gasteiger charge is 2.32. The molecule has 0 aromatic heterocycles. The van der Waals surface area contributed by atoms with Gasteiger partial charge in [0.2, 0.25) is 0 Å². The lowest BCUT2D eigenvalue weighted by molar-refractivity contribution is -0.119. The summed E-state index contributed by atoms with van der Waals surface area (Å²) in [5, 5.41) is 19.6. The minimum atomic E-state index is -0.698. The zero-order valence-electron chi connectivity index (χ0n) is 16.0. The van der Waals surface area contributed by atoms with Crippen molar-refractivity contribution in [2.45, 2.75) is 12.5 Å². The topological polar surface area (TPSA) is 76.7 Å². The number of amides is 1. The van der Waals surface area contributed by atoms with Crippen molar-refractivity contribution in [3.63, 3.8) is 0 Å². The zero-order valence-corrected chi connectivity index (χ0v) is 16.8. The number of nitriles is 1. The number of phenolic OH excluding ortho intramolecular Hbond substituents is 1. The first-order valence-corrected chi connectivity index (χ1v) is 9.84. The SMILES string of the molecule is N#CCN1C(=O)C(Cc2ccccc2)N=C(c2ccc(O)cc2)c2cc(Cl)ccc21. The maximum Gasteiger partial charge on any atom is 0.253 e. The molecular formula is C24H18ClN3O2. The molecule has 30 heavy (non-hydrogen) atoms. The van der Waals surface area contributed by atoms with Gasteiger partial charge in [-0.2, -0.15) is 5.26 Å². The number of carbonyl (C=O) groups excluding carboxylic acids is 1. The highest BCUT2D eigenvalue weighted by Crippen LogP contribution is 2.32. The van der Waals surface area contributed by atoms with E-state index in [0.717, 1.165) is 11.1 Å². The van der Waals surface area contributed by atoms with Crippen LogP contribution in [0.15, 0.2) is 77.8 Å².